The minimum Gasteiger partial charge on any atom is -0.490 e. The highest BCUT2D eigenvalue weighted by Gasteiger charge is 2.13. The van der Waals surface area contributed by atoms with E-state index < -0.39 is 0 Å². The van der Waals surface area contributed by atoms with Gasteiger partial charge in [0.1, 0.15) is 6.61 Å². The van der Waals surface area contributed by atoms with Gasteiger partial charge in [-0.3, -0.25) is 0 Å². The molecule has 31 heavy (non-hydrogen) atoms. The van der Waals surface area contributed by atoms with Crippen LogP contribution < -0.4 is 14.8 Å². The van der Waals surface area contributed by atoms with Crippen molar-refractivity contribution in [3.8, 4) is 11.5 Å². The summed E-state index contributed by atoms with van der Waals surface area (Å²) in [7, 11) is 0. The van der Waals surface area contributed by atoms with Gasteiger partial charge in [-0.25, -0.2) is 0 Å². The Balaban J connectivity index is 0.00000341. The summed E-state index contributed by atoms with van der Waals surface area (Å²) in [4.78, 5) is 0. The van der Waals surface area contributed by atoms with Crippen LogP contribution in [0.5, 0.6) is 11.5 Å². The zero-order chi connectivity index (χ0) is 21.3. The van der Waals surface area contributed by atoms with Gasteiger partial charge < -0.3 is 14.8 Å². The van der Waals surface area contributed by atoms with Gasteiger partial charge in [0.15, 0.2) is 11.5 Å². The van der Waals surface area contributed by atoms with Crippen LogP contribution in [0.2, 0.25) is 15.1 Å². The van der Waals surface area contributed by atoms with Gasteiger partial charge in [-0.2, -0.15) is 0 Å². The Hall–Kier alpha value is -1.62. The van der Waals surface area contributed by atoms with E-state index in [9.17, 15) is 0 Å². The molecule has 0 aromatic heterocycles. The third kappa shape index (κ3) is 7.78. The molecule has 0 aliphatic rings. The molecule has 0 heterocycles. The minimum atomic E-state index is 0. The van der Waals surface area contributed by atoms with E-state index in [2.05, 4.69) is 5.32 Å². The van der Waals surface area contributed by atoms with Crippen LogP contribution >= 0.6 is 47.2 Å². The fraction of sp³-hybridized carbons (Fsp3) is 0.250. The average molecular weight is 501 g/mol. The van der Waals surface area contributed by atoms with Crippen LogP contribution in [0.3, 0.4) is 0 Å². The highest BCUT2D eigenvalue weighted by atomic mass is 35.5. The van der Waals surface area contributed by atoms with Gasteiger partial charge in [-0.1, -0.05) is 71.2 Å². The number of rotatable bonds is 10. The van der Waals surface area contributed by atoms with E-state index in [1.54, 1.807) is 6.07 Å². The van der Waals surface area contributed by atoms with Gasteiger partial charge in [0.2, 0.25) is 0 Å². The first-order valence-corrected chi connectivity index (χ1v) is 11.0. The van der Waals surface area contributed by atoms with Crippen molar-refractivity contribution >= 4 is 47.2 Å². The Bertz CT molecular complexity index is 967. The number of nitrogens with one attached hydrogen (secondary N) is 1. The van der Waals surface area contributed by atoms with Crippen LogP contribution in [-0.4, -0.2) is 13.2 Å². The molecular weight excluding hydrogens is 476 g/mol. The molecule has 0 bridgehead atoms. The molecule has 3 rings (SSSR count). The number of benzene rings is 3. The Labute approximate surface area is 205 Å². The SMILES string of the molecule is CCOc1cc(CNCCc2ccc(Cl)cc2Cl)cc(Cl)c1OCc1ccccc1.Cl. The average Bonchev–Trinajstić information content (AvgIpc) is 2.73. The topological polar surface area (TPSA) is 30.5 Å². The first-order valence-electron chi connectivity index (χ1n) is 9.83. The van der Waals surface area contributed by atoms with E-state index in [0.29, 0.717) is 46.3 Å². The molecule has 0 saturated heterocycles. The maximum Gasteiger partial charge on any atom is 0.180 e. The van der Waals surface area contributed by atoms with Crippen LogP contribution in [0.25, 0.3) is 0 Å². The normalized spacial score (nSPS) is 10.5. The monoisotopic (exact) mass is 499 g/mol. The standard InChI is InChI=1S/C24H24Cl3NO2.ClH/c1-2-29-23-13-18(15-28-11-10-19-8-9-20(25)14-21(19)26)12-22(27)24(23)30-16-17-6-4-3-5-7-17;/h3-9,12-14,28H,2,10-11,15-16H2,1H3;1H. The van der Waals surface area contributed by atoms with Gasteiger partial charge in [-0.05, 0) is 60.8 Å². The number of hydrogen-bond donors (Lipinski definition) is 1. The van der Waals surface area contributed by atoms with Gasteiger partial charge >= 0.3 is 0 Å². The third-order valence-corrected chi connectivity index (χ3v) is 5.38. The second-order valence-corrected chi connectivity index (χ2v) is 8.03. The number of halogens is 4. The summed E-state index contributed by atoms with van der Waals surface area (Å²) in [5, 5.41) is 5.28. The lowest BCUT2D eigenvalue weighted by Crippen LogP contribution is -2.17. The predicted octanol–water partition coefficient (Wildman–Crippen LogP) is 7.38. The molecule has 3 aromatic carbocycles. The van der Waals surface area contributed by atoms with Crippen molar-refractivity contribution in [2.24, 2.45) is 0 Å². The van der Waals surface area contributed by atoms with E-state index in [1.807, 2.05) is 61.5 Å². The van der Waals surface area contributed by atoms with E-state index >= 15 is 0 Å². The van der Waals surface area contributed by atoms with Crippen molar-refractivity contribution in [1.82, 2.24) is 5.32 Å². The molecule has 3 aromatic rings. The molecule has 0 unspecified atom stereocenters. The molecule has 0 aliphatic carbocycles. The van der Waals surface area contributed by atoms with Gasteiger partial charge in [0.05, 0.1) is 11.6 Å². The lowest BCUT2D eigenvalue weighted by Gasteiger charge is -2.16. The zero-order valence-electron chi connectivity index (χ0n) is 17.2. The van der Waals surface area contributed by atoms with Crippen LogP contribution in [0.4, 0.5) is 0 Å². The Morgan fingerprint density at radius 1 is 0.839 bits per heavy atom. The van der Waals surface area contributed by atoms with E-state index in [4.69, 9.17) is 44.3 Å². The largest absolute Gasteiger partial charge is 0.490 e. The van der Waals surface area contributed by atoms with Crippen LogP contribution in [-0.2, 0) is 19.6 Å². The quantitative estimate of drug-likeness (QED) is 0.294. The van der Waals surface area contributed by atoms with E-state index in [-0.39, 0.29) is 12.4 Å². The van der Waals surface area contributed by atoms with Crippen molar-refractivity contribution in [2.75, 3.05) is 13.2 Å². The molecule has 166 valence electrons. The van der Waals surface area contributed by atoms with Gasteiger partial charge in [0, 0.05) is 16.6 Å². The van der Waals surface area contributed by atoms with Gasteiger partial charge in [0.25, 0.3) is 0 Å². The van der Waals surface area contributed by atoms with Crippen molar-refractivity contribution < 1.29 is 9.47 Å². The van der Waals surface area contributed by atoms with Crippen molar-refractivity contribution in [3.05, 3.63) is 92.4 Å². The third-order valence-electron chi connectivity index (χ3n) is 4.51. The van der Waals surface area contributed by atoms with Crippen LogP contribution in [0, 0.1) is 0 Å². The summed E-state index contributed by atoms with van der Waals surface area (Å²) >= 11 is 18.7. The highest BCUT2D eigenvalue weighted by Crippen LogP contribution is 2.37. The molecule has 0 amide bonds. The molecular formula is C24H25Cl4NO2. The Morgan fingerprint density at radius 3 is 2.32 bits per heavy atom. The van der Waals surface area contributed by atoms with E-state index in [0.717, 1.165) is 29.7 Å². The summed E-state index contributed by atoms with van der Waals surface area (Å²) in [6, 6.07) is 19.4. The molecule has 0 radical (unpaired) electrons. The van der Waals surface area contributed by atoms with Gasteiger partial charge in [-0.15, -0.1) is 12.4 Å². The summed E-state index contributed by atoms with van der Waals surface area (Å²) in [5.74, 6) is 1.22. The second kappa shape index (κ2) is 13.0. The molecule has 0 spiro atoms. The second-order valence-electron chi connectivity index (χ2n) is 6.77. The summed E-state index contributed by atoms with van der Waals surface area (Å²) in [6.07, 6.45) is 0.806. The Morgan fingerprint density at radius 2 is 1.61 bits per heavy atom. The van der Waals surface area contributed by atoms with Crippen molar-refractivity contribution in [2.45, 2.75) is 26.5 Å². The fourth-order valence-corrected chi connectivity index (χ4v) is 3.83. The van der Waals surface area contributed by atoms with Crippen molar-refractivity contribution in [1.29, 1.82) is 0 Å². The maximum atomic E-state index is 6.52. The molecule has 0 saturated carbocycles. The molecule has 7 heteroatoms. The predicted molar refractivity (Wildman–Crippen MR) is 133 cm³/mol. The minimum absolute atomic E-state index is 0. The Kier molecular flexibility index (Phi) is 10.8. The molecule has 0 aliphatic heterocycles. The molecule has 1 N–H and O–H groups in total. The molecule has 0 atom stereocenters. The highest BCUT2D eigenvalue weighted by molar-refractivity contribution is 6.35. The fourth-order valence-electron chi connectivity index (χ4n) is 3.04. The number of ether oxygens (including phenoxy) is 2. The first kappa shape index (κ1) is 25.6. The molecule has 3 nitrogen and oxygen atoms in total. The summed E-state index contributed by atoms with van der Waals surface area (Å²) in [5.41, 5.74) is 3.16. The van der Waals surface area contributed by atoms with E-state index in [1.165, 1.54) is 0 Å². The summed E-state index contributed by atoms with van der Waals surface area (Å²) < 4.78 is 11.7. The first-order chi connectivity index (χ1) is 14.6. The maximum absolute atomic E-state index is 6.52. The summed E-state index contributed by atoms with van der Waals surface area (Å²) in [6.45, 7) is 4.33. The molecule has 0 fully saturated rings. The van der Waals surface area contributed by atoms with Crippen LogP contribution in [0.1, 0.15) is 23.6 Å². The van der Waals surface area contributed by atoms with Crippen LogP contribution in [0.15, 0.2) is 60.7 Å². The lowest BCUT2D eigenvalue weighted by molar-refractivity contribution is 0.269. The lowest BCUT2D eigenvalue weighted by atomic mass is 10.1. The number of hydrogen-bond acceptors (Lipinski definition) is 3. The zero-order valence-corrected chi connectivity index (χ0v) is 20.3. The van der Waals surface area contributed by atoms with Crippen molar-refractivity contribution in [3.63, 3.8) is 0 Å². The smallest absolute Gasteiger partial charge is 0.180 e.